The SMILES string of the molecule is Cc1cc(C)n(C[C@@H]2CCCN2C(=O)[C@@H]2C[C@@H]2c2cccc(F)c2)n1. The van der Waals surface area contributed by atoms with Crippen LogP contribution in [0.2, 0.25) is 0 Å². The first kappa shape index (κ1) is 16.3. The molecule has 1 aromatic heterocycles. The molecule has 0 unspecified atom stereocenters. The van der Waals surface area contributed by atoms with E-state index in [4.69, 9.17) is 0 Å². The first-order valence-electron chi connectivity index (χ1n) is 9.10. The van der Waals surface area contributed by atoms with Gasteiger partial charge in [0.2, 0.25) is 5.91 Å². The number of hydrogen-bond donors (Lipinski definition) is 0. The molecule has 4 nitrogen and oxygen atoms in total. The van der Waals surface area contributed by atoms with Crippen LogP contribution in [0.25, 0.3) is 0 Å². The lowest BCUT2D eigenvalue weighted by Crippen LogP contribution is -2.39. The number of carbonyl (C=O) groups is 1. The summed E-state index contributed by atoms with van der Waals surface area (Å²) in [6.07, 6.45) is 2.92. The molecule has 25 heavy (non-hydrogen) atoms. The van der Waals surface area contributed by atoms with Crippen LogP contribution in [-0.2, 0) is 11.3 Å². The van der Waals surface area contributed by atoms with Gasteiger partial charge in [0.05, 0.1) is 18.3 Å². The van der Waals surface area contributed by atoms with Gasteiger partial charge in [0.1, 0.15) is 5.82 Å². The van der Waals surface area contributed by atoms with E-state index >= 15 is 0 Å². The Morgan fingerprint density at radius 3 is 2.88 bits per heavy atom. The monoisotopic (exact) mass is 341 g/mol. The molecule has 2 aromatic rings. The lowest BCUT2D eigenvalue weighted by molar-refractivity contribution is -0.133. The number of halogens is 1. The molecular weight excluding hydrogens is 317 g/mol. The number of aromatic nitrogens is 2. The first-order valence-corrected chi connectivity index (χ1v) is 9.10. The summed E-state index contributed by atoms with van der Waals surface area (Å²) in [6, 6.07) is 8.97. The molecule has 0 N–H and O–H groups in total. The van der Waals surface area contributed by atoms with E-state index in [1.807, 2.05) is 22.6 Å². The summed E-state index contributed by atoms with van der Waals surface area (Å²) in [5.74, 6) is 0.207. The molecule has 4 rings (SSSR count). The van der Waals surface area contributed by atoms with Crippen molar-refractivity contribution in [2.75, 3.05) is 6.54 Å². The number of nitrogens with zero attached hydrogens (tertiary/aromatic N) is 3. The fourth-order valence-electron chi connectivity index (χ4n) is 4.16. The average molecular weight is 341 g/mol. The molecule has 3 atom stereocenters. The van der Waals surface area contributed by atoms with E-state index in [-0.39, 0.29) is 29.6 Å². The molecule has 1 aliphatic carbocycles. The van der Waals surface area contributed by atoms with Crippen molar-refractivity contribution in [2.24, 2.45) is 5.92 Å². The molecule has 1 aromatic carbocycles. The number of carbonyl (C=O) groups excluding carboxylic acids is 1. The number of likely N-dealkylation sites (tertiary alicyclic amines) is 1. The van der Waals surface area contributed by atoms with E-state index in [9.17, 15) is 9.18 Å². The minimum Gasteiger partial charge on any atom is -0.338 e. The van der Waals surface area contributed by atoms with Crippen molar-refractivity contribution in [2.45, 2.75) is 51.6 Å². The maximum Gasteiger partial charge on any atom is 0.226 e. The van der Waals surface area contributed by atoms with Gasteiger partial charge >= 0.3 is 0 Å². The molecule has 2 fully saturated rings. The zero-order valence-electron chi connectivity index (χ0n) is 14.8. The maximum atomic E-state index is 13.4. The number of hydrogen-bond acceptors (Lipinski definition) is 2. The summed E-state index contributed by atoms with van der Waals surface area (Å²) < 4.78 is 15.4. The normalized spacial score (nSPS) is 25.4. The van der Waals surface area contributed by atoms with E-state index in [1.165, 1.54) is 6.07 Å². The zero-order chi connectivity index (χ0) is 17.6. The first-order chi connectivity index (χ1) is 12.0. The van der Waals surface area contributed by atoms with Crippen LogP contribution in [-0.4, -0.2) is 33.2 Å². The average Bonchev–Trinajstić information content (AvgIpc) is 3.14. The van der Waals surface area contributed by atoms with Gasteiger partial charge in [-0.1, -0.05) is 12.1 Å². The third-order valence-electron chi connectivity index (χ3n) is 5.53. The molecule has 0 spiro atoms. The second kappa shape index (κ2) is 6.28. The zero-order valence-corrected chi connectivity index (χ0v) is 14.8. The van der Waals surface area contributed by atoms with E-state index in [0.717, 1.165) is 49.3 Å². The van der Waals surface area contributed by atoms with Crippen LogP contribution in [0.4, 0.5) is 4.39 Å². The molecule has 1 saturated heterocycles. The van der Waals surface area contributed by atoms with Crippen LogP contribution in [0.15, 0.2) is 30.3 Å². The Morgan fingerprint density at radius 1 is 1.32 bits per heavy atom. The Balaban J connectivity index is 1.44. The third-order valence-corrected chi connectivity index (χ3v) is 5.53. The van der Waals surface area contributed by atoms with Crippen molar-refractivity contribution in [1.29, 1.82) is 0 Å². The highest BCUT2D eigenvalue weighted by Gasteiger charge is 2.47. The summed E-state index contributed by atoms with van der Waals surface area (Å²) in [5, 5.41) is 4.54. The van der Waals surface area contributed by atoms with Crippen molar-refractivity contribution < 1.29 is 9.18 Å². The molecule has 2 aliphatic rings. The van der Waals surface area contributed by atoms with Gasteiger partial charge in [0.15, 0.2) is 0 Å². The minimum atomic E-state index is -0.223. The Kier molecular flexibility index (Phi) is 4.10. The maximum absolute atomic E-state index is 13.4. The van der Waals surface area contributed by atoms with Crippen LogP contribution < -0.4 is 0 Å². The van der Waals surface area contributed by atoms with Crippen molar-refractivity contribution in [1.82, 2.24) is 14.7 Å². The van der Waals surface area contributed by atoms with Crippen molar-refractivity contribution in [3.05, 3.63) is 53.1 Å². The van der Waals surface area contributed by atoms with Gasteiger partial charge in [0.25, 0.3) is 0 Å². The largest absolute Gasteiger partial charge is 0.338 e. The third kappa shape index (κ3) is 3.20. The fraction of sp³-hybridized carbons (Fsp3) is 0.500. The highest BCUT2D eigenvalue weighted by molar-refractivity contribution is 5.83. The molecule has 0 radical (unpaired) electrons. The van der Waals surface area contributed by atoms with Gasteiger partial charge in [-0.25, -0.2) is 4.39 Å². The standard InChI is InChI=1S/C20H24FN3O/c1-13-9-14(2)24(22-13)12-17-7-4-8-23(17)20(25)19-11-18(19)15-5-3-6-16(21)10-15/h3,5-6,9-10,17-19H,4,7-8,11-12H2,1-2H3/t17-,18+,19+/m0/s1. The minimum absolute atomic E-state index is 0.0165. The number of amides is 1. The van der Waals surface area contributed by atoms with Gasteiger partial charge in [-0.2, -0.15) is 5.10 Å². The lowest BCUT2D eigenvalue weighted by atomic mass is 10.1. The topological polar surface area (TPSA) is 38.1 Å². The van der Waals surface area contributed by atoms with E-state index in [0.29, 0.717) is 0 Å². The van der Waals surface area contributed by atoms with Gasteiger partial charge in [-0.05, 0) is 62.8 Å². The van der Waals surface area contributed by atoms with Crippen LogP contribution in [0.1, 0.15) is 42.1 Å². The summed E-state index contributed by atoms with van der Waals surface area (Å²) in [5.41, 5.74) is 3.11. The molecule has 1 saturated carbocycles. The highest BCUT2D eigenvalue weighted by Crippen LogP contribution is 2.49. The van der Waals surface area contributed by atoms with Crippen LogP contribution in [0.5, 0.6) is 0 Å². The summed E-state index contributed by atoms with van der Waals surface area (Å²) in [6.45, 7) is 5.65. The smallest absolute Gasteiger partial charge is 0.226 e. The predicted octanol–water partition coefficient (Wildman–Crippen LogP) is 3.43. The Labute approximate surface area is 147 Å². The van der Waals surface area contributed by atoms with Crippen molar-refractivity contribution in [3.63, 3.8) is 0 Å². The quantitative estimate of drug-likeness (QED) is 0.854. The molecule has 1 aliphatic heterocycles. The molecule has 1 amide bonds. The van der Waals surface area contributed by atoms with Gasteiger partial charge < -0.3 is 4.90 Å². The van der Waals surface area contributed by atoms with Crippen molar-refractivity contribution >= 4 is 5.91 Å². The fourth-order valence-corrected chi connectivity index (χ4v) is 4.16. The van der Waals surface area contributed by atoms with Gasteiger partial charge in [-0.15, -0.1) is 0 Å². The summed E-state index contributed by atoms with van der Waals surface area (Å²) in [4.78, 5) is 15.0. The van der Waals surface area contributed by atoms with E-state index < -0.39 is 0 Å². The summed E-state index contributed by atoms with van der Waals surface area (Å²) in [7, 11) is 0. The van der Waals surface area contributed by atoms with E-state index in [1.54, 1.807) is 12.1 Å². The Morgan fingerprint density at radius 2 is 2.16 bits per heavy atom. The lowest BCUT2D eigenvalue weighted by Gasteiger charge is -2.25. The number of aryl methyl sites for hydroxylation is 2. The highest BCUT2D eigenvalue weighted by atomic mass is 19.1. The number of rotatable bonds is 4. The van der Waals surface area contributed by atoms with Crippen LogP contribution in [0, 0.1) is 25.6 Å². The van der Waals surface area contributed by atoms with Gasteiger partial charge in [-0.3, -0.25) is 9.48 Å². The Bertz CT molecular complexity index is 800. The second-order valence-corrected chi connectivity index (χ2v) is 7.44. The molecule has 0 bridgehead atoms. The molecule has 2 heterocycles. The van der Waals surface area contributed by atoms with E-state index in [2.05, 4.69) is 18.1 Å². The molecule has 5 heteroatoms. The van der Waals surface area contributed by atoms with Crippen LogP contribution in [0.3, 0.4) is 0 Å². The Hall–Kier alpha value is -2.17. The van der Waals surface area contributed by atoms with Crippen molar-refractivity contribution in [3.8, 4) is 0 Å². The number of benzene rings is 1. The van der Waals surface area contributed by atoms with Crippen LogP contribution >= 0.6 is 0 Å². The summed E-state index contributed by atoms with van der Waals surface area (Å²) >= 11 is 0. The molecular formula is C20H24FN3O. The van der Waals surface area contributed by atoms with Gasteiger partial charge in [0, 0.05) is 18.2 Å². The second-order valence-electron chi connectivity index (χ2n) is 7.44. The molecule has 132 valence electrons. The predicted molar refractivity (Wildman–Crippen MR) is 93.7 cm³/mol.